The highest BCUT2D eigenvalue weighted by Crippen LogP contribution is 2.64. The molecule has 6 aromatic rings. The van der Waals surface area contributed by atoms with E-state index in [-0.39, 0.29) is 0 Å². The molecule has 1 fully saturated rings. The lowest BCUT2D eigenvalue weighted by atomic mass is 9.63. The highest BCUT2D eigenvalue weighted by atomic mass is 16.7. The van der Waals surface area contributed by atoms with Gasteiger partial charge in [0, 0.05) is 10.8 Å². The topological polar surface area (TPSA) is 31.6 Å². The van der Waals surface area contributed by atoms with E-state index < -0.39 is 23.7 Å². The normalized spacial score (nSPS) is 20.9. The van der Waals surface area contributed by atoms with Gasteiger partial charge in [0.05, 0.1) is 16.6 Å². The molecule has 0 N–H and O–H groups in total. The van der Waals surface area contributed by atoms with E-state index in [4.69, 9.17) is 13.7 Å². The molecule has 1 spiro atoms. The van der Waals surface area contributed by atoms with Gasteiger partial charge < -0.3 is 13.7 Å². The predicted octanol–water partition coefficient (Wildman–Crippen LogP) is 8.23. The third-order valence-electron chi connectivity index (χ3n) is 10.1. The van der Waals surface area contributed by atoms with Gasteiger partial charge in [-0.2, -0.15) is 0 Å². The first-order valence-corrected chi connectivity index (χ1v) is 14.5. The van der Waals surface area contributed by atoms with Gasteiger partial charge in [0.25, 0.3) is 0 Å². The molecule has 1 saturated heterocycles. The number of fused-ring (bicyclic) bond motifs is 14. The number of furan rings is 1. The summed E-state index contributed by atoms with van der Waals surface area (Å²) in [5.74, 6) is 0. The van der Waals surface area contributed by atoms with Crippen molar-refractivity contribution in [1.29, 1.82) is 0 Å². The average molecular weight is 532 g/mol. The van der Waals surface area contributed by atoms with E-state index in [1.807, 2.05) is 6.07 Å². The quantitative estimate of drug-likeness (QED) is 0.200. The largest absolute Gasteiger partial charge is 0.495 e. The first-order valence-electron chi connectivity index (χ1n) is 14.5. The standard InChI is InChI=1S/C37H29BO3/c1-35(2)36(3,4)41-38(40-35)29-18-11-15-23-22-12-5-8-16-26(22)37(34(23)29)27-17-9-6-13-24(27)32-28(37)20-21-31-33(32)25-14-7-10-19-30(25)39-31/h5-21H,1-4H3. The first-order chi connectivity index (χ1) is 19.8. The minimum atomic E-state index is -0.509. The van der Waals surface area contributed by atoms with Crippen molar-refractivity contribution in [3.8, 4) is 22.3 Å². The molecule has 0 saturated carbocycles. The molecule has 2 heterocycles. The molecule has 1 unspecified atom stereocenters. The summed E-state index contributed by atoms with van der Waals surface area (Å²) in [6.45, 7) is 8.51. The number of para-hydroxylation sites is 1. The van der Waals surface area contributed by atoms with Crippen molar-refractivity contribution < 1.29 is 13.7 Å². The third-order valence-corrected chi connectivity index (χ3v) is 10.1. The van der Waals surface area contributed by atoms with Gasteiger partial charge in [-0.1, -0.05) is 91.0 Å². The van der Waals surface area contributed by atoms with Crippen molar-refractivity contribution in [3.63, 3.8) is 0 Å². The van der Waals surface area contributed by atoms with Crippen LogP contribution >= 0.6 is 0 Å². The minimum absolute atomic E-state index is 0.438. The molecule has 2 aliphatic carbocycles. The molecule has 4 heteroatoms. The Hall–Kier alpha value is -4.12. The van der Waals surface area contributed by atoms with Crippen LogP contribution in [-0.2, 0) is 14.7 Å². The Kier molecular flexibility index (Phi) is 4.36. The van der Waals surface area contributed by atoms with Gasteiger partial charge in [-0.25, -0.2) is 0 Å². The Morgan fingerprint density at radius 2 is 1.17 bits per heavy atom. The molecular formula is C37H29BO3. The molecular weight excluding hydrogens is 503 g/mol. The van der Waals surface area contributed by atoms with Crippen LogP contribution in [0.25, 0.3) is 44.2 Å². The van der Waals surface area contributed by atoms with E-state index in [9.17, 15) is 0 Å². The fraction of sp³-hybridized carbons (Fsp3) is 0.189. The molecule has 9 rings (SSSR count). The van der Waals surface area contributed by atoms with Crippen LogP contribution in [0.15, 0.2) is 108 Å². The summed E-state index contributed by atoms with van der Waals surface area (Å²) in [7, 11) is -0.476. The molecule has 3 aliphatic rings. The van der Waals surface area contributed by atoms with E-state index in [2.05, 4.69) is 125 Å². The predicted molar refractivity (Wildman–Crippen MR) is 166 cm³/mol. The molecule has 198 valence electrons. The molecule has 0 amide bonds. The Balaban J connectivity index is 1.45. The van der Waals surface area contributed by atoms with Gasteiger partial charge in [-0.05, 0) is 89.8 Å². The maximum atomic E-state index is 6.73. The van der Waals surface area contributed by atoms with Crippen molar-refractivity contribution in [3.05, 3.63) is 125 Å². The van der Waals surface area contributed by atoms with E-state index in [1.165, 1.54) is 49.9 Å². The van der Waals surface area contributed by atoms with Crippen molar-refractivity contribution in [2.75, 3.05) is 0 Å². The van der Waals surface area contributed by atoms with Gasteiger partial charge in [0.2, 0.25) is 0 Å². The smallest absolute Gasteiger partial charge is 0.456 e. The molecule has 5 aromatic carbocycles. The van der Waals surface area contributed by atoms with Gasteiger partial charge >= 0.3 is 7.12 Å². The van der Waals surface area contributed by atoms with Gasteiger partial charge in [0.1, 0.15) is 11.2 Å². The van der Waals surface area contributed by atoms with Crippen molar-refractivity contribution in [1.82, 2.24) is 0 Å². The maximum absolute atomic E-state index is 6.73. The zero-order valence-corrected chi connectivity index (χ0v) is 23.6. The molecule has 3 nitrogen and oxygen atoms in total. The lowest BCUT2D eigenvalue weighted by Gasteiger charge is -2.32. The van der Waals surface area contributed by atoms with Gasteiger partial charge in [-0.3, -0.25) is 0 Å². The van der Waals surface area contributed by atoms with Crippen molar-refractivity contribution >= 4 is 34.5 Å². The zero-order chi connectivity index (χ0) is 27.7. The fourth-order valence-corrected chi connectivity index (χ4v) is 7.70. The molecule has 0 bridgehead atoms. The van der Waals surface area contributed by atoms with Crippen LogP contribution in [-0.4, -0.2) is 18.3 Å². The van der Waals surface area contributed by atoms with Gasteiger partial charge in [-0.15, -0.1) is 0 Å². The second kappa shape index (κ2) is 7.58. The summed E-state index contributed by atoms with van der Waals surface area (Å²) in [5, 5.41) is 2.33. The summed E-state index contributed by atoms with van der Waals surface area (Å²) in [6, 6.07) is 37.3. The van der Waals surface area contributed by atoms with E-state index in [0.717, 1.165) is 22.0 Å². The van der Waals surface area contributed by atoms with Crippen LogP contribution in [0.5, 0.6) is 0 Å². The van der Waals surface area contributed by atoms with Crippen molar-refractivity contribution in [2.24, 2.45) is 0 Å². The van der Waals surface area contributed by atoms with Gasteiger partial charge in [0.15, 0.2) is 0 Å². The molecule has 1 atom stereocenters. The summed E-state index contributed by atoms with van der Waals surface area (Å²) in [4.78, 5) is 0. The third kappa shape index (κ3) is 2.73. The van der Waals surface area contributed by atoms with Crippen LogP contribution in [0.2, 0.25) is 0 Å². The van der Waals surface area contributed by atoms with Crippen LogP contribution in [0.4, 0.5) is 0 Å². The summed E-state index contributed by atoms with van der Waals surface area (Å²) in [6.07, 6.45) is 0. The maximum Gasteiger partial charge on any atom is 0.495 e. The first kappa shape index (κ1) is 23.6. The van der Waals surface area contributed by atoms with Crippen molar-refractivity contribution in [2.45, 2.75) is 44.3 Å². The summed E-state index contributed by atoms with van der Waals surface area (Å²) in [5.41, 5.74) is 11.7. The van der Waals surface area contributed by atoms with Crippen LogP contribution in [0, 0.1) is 0 Å². The number of rotatable bonds is 1. The molecule has 41 heavy (non-hydrogen) atoms. The second-order valence-corrected chi connectivity index (χ2v) is 12.7. The average Bonchev–Trinajstić information content (AvgIpc) is 3.65. The second-order valence-electron chi connectivity index (χ2n) is 12.7. The monoisotopic (exact) mass is 532 g/mol. The number of hydrogen-bond donors (Lipinski definition) is 0. The fourth-order valence-electron chi connectivity index (χ4n) is 7.70. The van der Waals surface area contributed by atoms with Crippen LogP contribution in [0.1, 0.15) is 49.9 Å². The van der Waals surface area contributed by atoms with Crippen LogP contribution in [0.3, 0.4) is 0 Å². The Morgan fingerprint density at radius 1 is 0.537 bits per heavy atom. The number of benzene rings is 5. The minimum Gasteiger partial charge on any atom is -0.456 e. The Morgan fingerprint density at radius 3 is 1.95 bits per heavy atom. The van der Waals surface area contributed by atoms with Crippen LogP contribution < -0.4 is 5.46 Å². The Bertz CT molecular complexity index is 2070. The molecule has 0 radical (unpaired) electrons. The molecule has 1 aromatic heterocycles. The van der Waals surface area contributed by atoms with E-state index >= 15 is 0 Å². The number of hydrogen-bond acceptors (Lipinski definition) is 3. The molecule has 1 aliphatic heterocycles. The summed E-state index contributed by atoms with van der Waals surface area (Å²) >= 11 is 0. The Labute approximate surface area is 239 Å². The zero-order valence-electron chi connectivity index (χ0n) is 23.6. The summed E-state index contributed by atoms with van der Waals surface area (Å²) < 4.78 is 19.9. The lowest BCUT2D eigenvalue weighted by molar-refractivity contribution is 0.00578. The van der Waals surface area contributed by atoms with E-state index in [0.29, 0.717) is 0 Å². The lowest BCUT2D eigenvalue weighted by Crippen LogP contribution is -2.42. The SMILES string of the molecule is CC1(C)OB(c2cccc3c2C2(c4ccccc4-3)c3ccccc3-c3c2ccc2oc4ccccc4c32)OC1(C)C. The highest BCUT2D eigenvalue weighted by molar-refractivity contribution is 6.63. The van der Waals surface area contributed by atoms with E-state index in [1.54, 1.807) is 0 Å². The highest BCUT2D eigenvalue weighted by Gasteiger charge is 2.57.